The summed E-state index contributed by atoms with van der Waals surface area (Å²) >= 11 is 0. The van der Waals surface area contributed by atoms with Crippen LogP contribution in [-0.4, -0.2) is 62.8 Å². The molecule has 38 heavy (non-hydrogen) atoms. The van der Waals surface area contributed by atoms with Crippen molar-refractivity contribution in [3.05, 3.63) is 59.2 Å². The first-order valence-electron chi connectivity index (χ1n) is 11.9. The first kappa shape index (κ1) is 24.9. The second-order valence-electron chi connectivity index (χ2n) is 9.88. The molecule has 1 N–H and O–H groups in total. The topological polar surface area (TPSA) is 133 Å². The molecule has 1 aromatic carbocycles. The molecule has 0 spiro atoms. The van der Waals surface area contributed by atoms with Gasteiger partial charge in [0.25, 0.3) is 5.91 Å². The highest BCUT2D eigenvalue weighted by atomic mass is 19.1. The molecule has 2 aliphatic heterocycles. The van der Waals surface area contributed by atoms with Crippen LogP contribution in [-0.2, 0) is 16.1 Å². The maximum absolute atomic E-state index is 15.0. The molecule has 1 fully saturated rings. The number of nitriles is 1. The van der Waals surface area contributed by atoms with Gasteiger partial charge in [-0.25, -0.2) is 23.8 Å². The molecule has 5 rings (SSSR count). The molecule has 0 radical (unpaired) electrons. The standard InChI is InChI=1S/C26H24FN7O4/c1-26(2,3)38-25(37)33-13-18-23(24(33)36)19(11-17(30-18)22-15(12-28)5-4-6-16(22)27)34-9-7-20(31-34)32-10-8-29-21(35)14-32/h4-7,9,11H,8,10,13-14H2,1-3H3,(H,29,35). The van der Waals surface area contributed by atoms with E-state index in [-0.39, 0.29) is 52.8 Å². The molecule has 194 valence electrons. The summed E-state index contributed by atoms with van der Waals surface area (Å²) in [6.07, 6.45) is 0.772. The fourth-order valence-corrected chi connectivity index (χ4v) is 4.39. The van der Waals surface area contributed by atoms with Crippen LogP contribution in [0.4, 0.5) is 15.0 Å². The van der Waals surface area contributed by atoms with Gasteiger partial charge in [0.1, 0.15) is 11.4 Å². The number of aromatic nitrogens is 3. The molecule has 11 nitrogen and oxygen atoms in total. The van der Waals surface area contributed by atoms with Gasteiger partial charge in [0.2, 0.25) is 5.91 Å². The van der Waals surface area contributed by atoms with E-state index in [1.807, 2.05) is 6.07 Å². The number of rotatable bonds is 3. The third-order valence-electron chi connectivity index (χ3n) is 6.03. The van der Waals surface area contributed by atoms with Gasteiger partial charge >= 0.3 is 6.09 Å². The Labute approximate surface area is 217 Å². The van der Waals surface area contributed by atoms with Crippen molar-refractivity contribution in [3.63, 3.8) is 0 Å². The van der Waals surface area contributed by atoms with Gasteiger partial charge in [-0.2, -0.15) is 10.4 Å². The Morgan fingerprint density at radius 1 is 1.18 bits per heavy atom. The van der Waals surface area contributed by atoms with E-state index < -0.39 is 23.4 Å². The van der Waals surface area contributed by atoms with Crippen LogP contribution in [0, 0.1) is 17.1 Å². The number of ether oxygens (including phenoxy) is 1. The lowest BCUT2D eigenvalue weighted by molar-refractivity contribution is -0.120. The Morgan fingerprint density at radius 2 is 1.97 bits per heavy atom. The summed E-state index contributed by atoms with van der Waals surface area (Å²) in [6, 6.07) is 9.25. The summed E-state index contributed by atoms with van der Waals surface area (Å²) in [5.74, 6) is -0.919. The van der Waals surface area contributed by atoms with Crippen molar-refractivity contribution in [3.8, 4) is 23.0 Å². The number of hydrogen-bond donors (Lipinski definition) is 1. The lowest BCUT2D eigenvalue weighted by Gasteiger charge is -2.26. The zero-order chi connectivity index (χ0) is 27.2. The summed E-state index contributed by atoms with van der Waals surface area (Å²) in [4.78, 5) is 45.4. The maximum atomic E-state index is 15.0. The van der Waals surface area contributed by atoms with Crippen LogP contribution < -0.4 is 10.2 Å². The monoisotopic (exact) mass is 517 g/mol. The highest BCUT2D eigenvalue weighted by molar-refractivity contribution is 6.08. The van der Waals surface area contributed by atoms with Crippen molar-refractivity contribution in [2.75, 3.05) is 24.5 Å². The SMILES string of the molecule is CC(C)(C)OC(=O)N1Cc2nc(-c3c(F)cccc3C#N)cc(-n3ccc(N4CCNC(=O)C4)n3)c2C1=O. The Morgan fingerprint density at radius 3 is 2.68 bits per heavy atom. The second-order valence-corrected chi connectivity index (χ2v) is 9.88. The molecule has 2 aromatic heterocycles. The van der Waals surface area contributed by atoms with Crippen molar-refractivity contribution < 1.29 is 23.5 Å². The van der Waals surface area contributed by atoms with Crippen molar-refractivity contribution in [2.45, 2.75) is 32.9 Å². The summed E-state index contributed by atoms with van der Waals surface area (Å²) < 4.78 is 21.8. The molecule has 3 aromatic rings. The lowest BCUT2D eigenvalue weighted by Crippen LogP contribution is -2.47. The predicted molar refractivity (Wildman–Crippen MR) is 133 cm³/mol. The molecule has 4 heterocycles. The Balaban J connectivity index is 1.64. The lowest BCUT2D eigenvalue weighted by atomic mass is 10.0. The summed E-state index contributed by atoms with van der Waals surface area (Å²) in [5, 5.41) is 16.9. The number of carbonyl (C=O) groups is 3. The van der Waals surface area contributed by atoms with E-state index in [0.717, 1.165) is 4.90 Å². The van der Waals surface area contributed by atoms with Crippen LogP contribution in [0.5, 0.6) is 0 Å². The first-order chi connectivity index (χ1) is 18.1. The molecule has 12 heteroatoms. The van der Waals surface area contributed by atoms with Gasteiger partial charge in [0.15, 0.2) is 5.82 Å². The van der Waals surface area contributed by atoms with Gasteiger partial charge in [0.05, 0.1) is 52.9 Å². The number of carbonyl (C=O) groups excluding carboxylic acids is 3. The summed E-state index contributed by atoms with van der Waals surface area (Å²) in [5.41, 5.74) is -0.0995. The average Bonchev–Trinajstić information content (AvgIpc) is 3.48. The number of pyridine rings is 1. The molecule has 3 amide bonds. The minimum atomic E-state index is -0.836. The molecule has 0 bridgehead atoms. The number of amides is 3. The van der Waals surface area contributed by atoms with Crippen molar-refractivity contribution in [1.29, 1.82) is 5.26 Å². The van der Waals surface area contributed by atoms with E-state index in [2.05, 4.69) is 15.4 Å². The third-order valence-corrected chi connectivity index (χ3v) is 6.03. The number of hydrogen-bond acceptors (Lipinski definition) is 8. The third kappa shape index (κ3) is 4.54. The zero-order valence-electron chi connectivity index (χ0n) is 21.0. The maximum Gasteiger partial charge on any atom is 0.417 e. The van der Waals surface area contributed by atoms with Crippen LogP contribution in [0.1, 0.15) is 42.4 Å². The fourth-order valence-electron chi connectivity index (χ4n) is 4.39. The fraction of sp³-hybridized carbons (Fsp3) is 0.308. The van der Waals surface area contributed by atoms with E-state index in [4.69, 9.17) is 4.74 Å². The van der Waals surface area contributed by atoms with Crippen LogP contribution in [0.2, 0.25) is 0 Å². The Kier molecular flexibility index (Phi) is 6.06. The quantitative estimate of drug-likeness (QED) is 0.561. The Bertz CT molecular complexity index is 1520. The Hall–Kier alpha value is -4.79. The van der Waals surface area contributed by atoms with Crippen LogP contribution in [0.3, 0.4) is 0 Å². The normalized spacial score (nSPS) is 15.2. The summed E-state index contributed by atoms with van der Waals surface area (Å²) in [7, 11) is 0. The minimum absolute atomic E-state index is 0.0256. The number of imide groups is 1. The number of halogens is 1. The highest BCUT2D eigenvalue weighted by Crippen LogP contribution is 2.34. The highest BCUT2D eigenvalue weighted by Gasteiger charge is 2.39. The van der Waals surface area contributed by atoms with E-state index in [0.29, 0.717) is 18.9 Å². The number of piperazine rings is 1. The number of nitrogens with zero attached hydrogens (tertiary/aromatic N) is 6. The van der Waals surface area contributed by atoms with E-state index >= 15 is 0 Å². The molecule has 2 aliphatic rings. The summed E-state index contributed by atoms with van der Waals surface area (Å²) in [6.45, 7) is 6.02. The second kappa shape index (κ2) is 9.26. The number of anilines is 1. The van der Waals surface area contributed by atoms with Crippen molar-refractivity contribution in [2.24, 2.45) is 0 Å². The van der Waals surface area contributed by atoms with Crippen molar-refractivity contribution >= 4 is 23.7 Å². The number of nitrogens with one attached hydrogen (secondary N) is 1. The van der Waals surface area contributed by atoms with E-state index in [1.54, 1.807) is 37.9 Å². The van der Waals surface area contributed by atoms with Crippen LogP contribution in [0.25, 0.3) is 16.9 Å². The number of fused-ring (bicyclic) bond motifs is 1. The molecule has 0 aliphatic carbocycles. The predicted octanol–water partition coefficient (Wildman–Crippen LogP) is 2.77. The van der Waals surface area contributed by atoms with E-state index in [9.17, 15) is 24.0 Å². The first-order valence-corrected chi connectivity index (χ1v) is 11.9. The van der Waals surface area contributed by atoms with Gasteiger partial charge in [-0.3, -0.25) is 9.59 Å². The minimum Gasteiger partial charge on any atom is -0.443 e. The average molecular weight is 518 g/mol. The van der Waals surface area contributed by atoms with Gasteiger partial charge in [-0.1, -0.05) is 6.07 Å². The van der Waals surface area contributed by atoms with Crippen LogP contribution >= 0.6 is 0 Å². The molecule has 1 saturated heterocycles. The molecular formula is C26H24FN7O4. The van der Waals surface area contributed by atoms with Crippen molar-refractivity contribution in [1.82, 2.24) is 25.0 Å². The molecule has 0 atom stereocenters. The molecular weight excluding hydrogens is 493 g/mol. The largest absolute Gasteiger partial charge is 0.443 e. The van der Waals surface area contributed by atoms with Gasteiger partial charge < -0.3 is 15.0 Å². The van der Waals surface area contributed by atoms with Gasteiger partial charge in [-0.15, -0.1) is 0 Å². The molecule has 0 unspecified atom stereocenters. The molecule has 0 saturated carbocycles. The van der Waals surface area contributed by atoms with E-state index in [1.165, 1.54) is 28.9 Å². The zero-order valence-corrected chi connectivity index (χ0v) is 21.0. The van der Waals surface area contributed by atoms with Crippen LogP contribution in [0.15, 0.2) is 36.5 Å². The smallest absolute Gasteiger partial charge is 0.417 e. The number of benzene rings is 1. The van der Waals surface area contributed by atoms with Gasteiger partial charge in [0, 0.05) is 25.4 Å². The van der Waals surface area contributed by atoms with Gasteiger partial charge in [-0.05, 0) is 39.0 Å².